The molecule has 0 spiro atoms. The molecule has 0 aromatic heterocycles. The zero-order valence-electron chi connectivity index (χ0n) is 16.1. The van der Waals surface area contributed by atoms with E-state index in [1.165, 1.54) is 6.08 Å². The summed E-state index contributed by atoms with van der Waals surface area (Å²) in [6.45, 7) is 0.171. The van der Waals surface area contributed by atoms with Gasteiger partial charge in [0.05, 0.1) is 20.1 Å². The standard InChI is InChI=1S/C23H13BrCl4N2O2/c24-16-2-4-17(5-3-16)30-23(31)15(11-29)7-14-9-20(27)22(21(28)10-14)32-12-13-1-6-18(25)19(26)8-13/h1-10H,12H2,(H,30,31)/b15-7-. The van der Waals surface area contributed by atoms with Crippen LogP contribution in [0.3, 0.4) is 0 Å². The smallest absolute Gasteiger partial charge is 0.266 e. The second-order valence-electron chi connectivity index (χ2n) is 6.48. The maximum Gasteiger partial charge on any atom is 0.266 e. The fourth-order valence-electron chi connectivity index (χ4n) is 2.63. The molecule has 3 aromatic rings. The summed E-state index contributed by atoms with van der Waals surface area (Å²) < 4.78 is 6.61. The molecule has 0 heterocycles. The van der Waals surface area contributed by atoms with Gasteiger partial charge >= 0.3 is 0 Å². The Morgan fingerprint density at radius 2 is 1.62 bits per heavy atom. The fourth-order valence-corrected chi connectivity index (χ4v) is 3.83. The van der Waals surface area contributed by atoms with Crippen molar-refractivity contribution in [1.29, 1.82) is 5.26 Å². The van der Waals surface area contributed by atoms with Crippen LogP contribution in [-0.2, 0) is 11.4 Å². The first-order chi connectivity index (χ1) is 15.3. The van der Waals surface area contributed by atoms with E-state index < -0.39 is 5.91 Å². The van der Waals surface area contributed by atoms with E-state index in [0.717, 1.165) is 10.0 Å². The highest BCUT2D eigenvalue weighted by Crippen LogP contribution is 2.36. The maximum absolute atomic E-state index is 12.5. The molecule has 3 rings (SSSR count). The first-order valence-electron chi connectivity index (χ1n) is 9.01. The molecule has 4 nitrogen and oxygen atoms in total. The molecule has 0 aliphatic carbocycles. The largest absolute Gasteiger partial charge is 0.486 e. The first kappa shape index (κ1) is 24.4. The molecule has 0 saturated carbocycles. The number of hydrogen-bond donors (Lipinski definition) is 1. The third kappa shape index (κ3) is 6.41. The lowest BCUT2D eigenvalue weighted by molar-refractivity contribution is -0.112. The summed E-state index contributed by atoms with van der Waals surface area (Å²) >= 11 is 27.9. The summed E-state index contributed by atoms with van der Waals surface area (Å²) in [5.74, 6) is -0.281. The number of rotatable bonds is 6. The molecule has 32 heavy (non-hydrogen) atoms. The van der Waals surface area contributed by atoms with Gasteiger partial charge in [-0.1, -0.05) is 68.4 Å². The van der Waals surface area contributed by atoms with Crippen LogP contribution in [0.25, 0.3) is 6.08 Å². The van der Waals surface area contributed by atoms with Crippen molar-refractivity contribution in [3.8, 4) is 11.8 Å². The van der Waals surface area contributed by atoms with Crippen LogP contribution < -0.4 is 10.1 Å². The SMILES string of the molecule is N#C/C(=C/c1cc(Cl)c(OCc2ccc(Cl)c(Cl)c2)c(Cl)c1)C(=O)Nc1ccc(Br)cc1. The Balaban J connectivity index is 1.76. The van der Waals surface area contributed by atoms with E-state index in [0.29, 0.717) is 21.3 Å². The van der Waals surface area contributed by atoms with Gasteiger partial charge in [0, 0.05) is 10.2 Å². The lowest BCUT2D eigenvalue weighted by Crippen LogP contribution is -2.13. The van der Waals surface area contributed by atoms with Crippen LogP contribution in [0.2, 0.25) is 20.1 Å². The van der Waals surface area contributed by atoms with E-state index >= 15 is 0 Å². The van der Waals surface area contributed by atoms with Crippen molar-refractivity contribution in [2.24, 2.45) is 0 Å². The van der Waals surface area contributed by atoms with Crippen LogP contribution in [0.4, 0.5) is 5.69 Å². The Morgan fingerprint density at radius 3 is 2.22 bits per heavy atom. The van der Waals surface area contributed by atoms with Crippen LogP contribution in [0.5, 0.6) is 5.75 Å². The summed E-state index contributed by atoms with van der Waals surface area (Å²) in [7, 11) is 0. The minimum atomic E-state index is -0.554. The number of ether oxygens (including phenoxy) is 1. The molecule has 0 unspecified atom stereocenters. The lowest BCUT2D eigenvalue weighted by Gasteiger charge is -2.12. The number of nitriles is 1. The number of hydrogen-bond acceptors (Lipinski definition) is 3. The number of anilines is 1. The summed E-state index contributed by atoms with van der Waals surface area (Å²) in [6.07, 6.45) is 1.40. The number of amides is 1. The third-order valence-corrected chi connectivity index (χ3v) is 6.00. The molecule has 162 valence electrons. The molecule has 0 atom stereocenters. The van der Waals surface area contributed by atoms with E-state index in [2.05, 4.69) is 21.2 Å². The van der Waals surface area contributed by atoms with Gasteiger partial charge < -0.3 is 10.1 Å². The summed E-state index contributed by atoms with van der Waals surface area (Å²) in [4.78, 5) is 12.5. The minimum absolute atomic E-state index is 0.107. The quantitative estimate of drug-likeness (QED) is 0.240. The Kier molecular flexibility index (Phi) is 8.47. The van der Waals surface area contributed by atoms with Crippen molar-refractivity contribution >= 4 is 80.0 Å². The number of halogens is 5. The van der Waals surface area contributed by atoms with Gasteiger partial charge in [-0.05, 0) is 65.7 Å². The molecule has 0 aliphatic heterocycles. The fraction of sp³-hybridized carbons (Fsp3) is 0.0435. The average molecular weight is 571 g/mol. The number of nitrogens with zero attached hydrogens (tertiary/aromatic N) is 1. The molecule has 0 saturated heterocycles. The first-order valence-corrected chi connectivity index (χ1v) is 11.3. The molecule has 0 bridgehead atoms. The van der Waals surface area contributed by atoms with Gasteiger partial charge in [-0.3, -0.25) is 4.79 Å². The van der Waals surface area contributed by atoms with Crippen molar-refractivity contribution in [2.75, 3.05) is 5.32 Å². The molecule has 3 aromatic carbocycles. The molecule has 9 heteroatoms. The van der Waals surface area contributed by atoms with Gasteiger partial charge in [0.1, 0.15) is 18.2 Å². The molecular weight excluding hydrogens is 558 g/mol. The average Bonchev–Trinajstić information content (AvgIpc) is 2.75. The molecule has 1 N–H and O–H groups in total. The van der Waals surface area contributed by atoms with Gasteiger partial charge in [-0.2, -0.15) is 5.26 Å². The molecular formula is C23H13BrCl4N2O2. The highest BCUT2D eigenvalue weighted by Gasteiger charge is 2.13. The Morgan fingerprint density at radius 1 is 0.969 bits per heavy atom. The lowest BCUT2D eigenvalue weighted by atomic mass is 10.1. The van der Waals surface area contributed by atoms with Gasteiger partial charge in [-0.15, -0.1) is 0 Å². The van der Waals surface area contributed by atoms with Crippen LogP contribution >= 0.6 is 62.3 Å². The minimum Gasteiger partial charge on any atom is -0.486 e. The highest BCUT2D eigenvalue weighted by molar-refractivity contribution is 9.10. The van der Waals surface area contributed by atoms with Gasteiger partial charge in [-0.25, -0.2) is 0 Å². The maximum atomic E-state index is 12.5. The number of benzene rings is 3. The van der Waals surface area contributed by atoms with Crippen LogP contribution in [0.15, 0.2) is 64.6 Å². The van der Waals surface area contributed by atoms with Gasteiger partial charge in [0.15, 0.2) is 5.75 Å². The topological polar surface area (TPSA) is 62.1 Å². The summed E-state index contributed by atoms with van der Waals surface area (Å²) in [5, 5.41) is 13.4. The van der Waals surface area contributed by atoms with Crippen molar-refractivity contribution in [2.45, 2.75) is 6.61 Å². The van der Waals surface area contributed by atoms with E-state index in [1.807, 2.05) is 6.07 Å². The van der Waals surface area contributed by atoms with E-state index in [4.69, 9.17) is 51.1 Å². The second-order valence-corrected chi connectivity index (χ2v) is 9.03. The number of carbonyl (C=O) groups excluding carboxylic acids is 1. The Bertz CT molecular complexity index is 1210. The molecule has 1 amide bonds. The molecule has 0 radical (unpaired) electrons. The summed E-state index contributed by atoms with van der Waals surface area (Å²) in [6, 6.07) is 17.1. The highest BCUT2D eigenvalue weighted by atomic mass is 79.9. The van der Waals surface area contributed by atoms with Crippen molar-refractivity contribution in [3.63, 3.8) is 0 Å². The predicted octanol–water partition coefficient (Wildman–Crippen LogP) is 8.19. The van der Waals surface area contributed by atoms with Crippen molar-refractivity contribution in [3.05, 3.63) is 95.9 Å². The van der Waals surface area contributed by atoms with Crippen LogP contribution in [0.1, 0.15) is 11.1 Å². The predicted molar refractivity (Wildman–Crippen MR) is 134 cm³/mol. The number of nitrogens with one attached hydrogen (secondary N) is 1. The molecule has 0 aliphatic rings. The zero-order valence-corrected chi connectivity index (χ0v) is 20.7. The number of carbonyl (C=O) groups is 1. The van der Waals surface area contributed by atoms with Crippen molar-refractivity contribution in [1.82, 2.24) is 0 Å². The van der Waals surface area contributed by atoms with E-state index in [1.54, 1.807) is 54.6 Å². The monoisotopic (exact) mass is 568 g/mol. The van der Waals surface area contributed by atoms with Gasteiger partial charge in [0.25, 0.3) is 5.91 Å². The molecule has 0 fully saturated rings. The normalized spacial score (nSPS) is 11.1. The Hall–Kier alpha value is -2.20. The van der Waals surface area contributed by atoms with Crippen LogP contribution in [0, 0.1) is 11.3 Å². The van der Waals surface area contributed by atoms with Gasteiger partial charge in [0.2, 0.25) is 0 Å². The Labute approximate surface area is 213 Å². The van der Waals surface area contributed by atoms with E-state index in [9.17, 15) is 10.1 Å². The van der Waals surface area contributed by atoms with E-state index in [-0.39, 0.29) is 28.0 Å². The zero-order chi connectivity index (χ0) is 23.3. The van der Waals surface area contributed by atoms with Crippen molar-refractivity contribution < 1.29 is 9.53 Å². The third-order valence-electron chi connectivity index (χ3n) is 4.17. The second kappa shape index (κ2) is 11.1. The van der Waals surface area contributed by atoms with Crippen LogP contribution in [-0.4, -0.2) is 5.91 Å². The summed E-state index contributed by atoms with van der Waals surface area (Å²) in [5.41, 5.74) is 1.71.